The topological polar surface area (TPSA) is 82.2 Å². The molecule has 2 aromatic heterocycles. The summed E-state index contributed by atoms with van der Waals surface area (Å²) in [5, 5.41) is 12.1. The van der Waals surface area contributed by atoms with Crippen molar-refractivity contribution in [2.75, 3.05) is 12.9 Å². The van der Waals surface area contributed by atoms with Crippen molar-refractivity contribution in [3.05, 3.63) is 84.1 Å². The Bertz CT molecular complexity index is 1180. The quantitative estimate of drug-likeness (QED) is 0.385. The molecule has 0 fully saturated rings. The summed E-state index contributed by atoms with van der Waals surface area (Å²) in [4.78, 5) is 12.3. The third kappa shape index (κ3) is 5.36. The van der Waals surface area contributed by atoms with Crippen LogP contribution < -0.4 is 10.1 Å². The van der Waals surface area contributed by atoms with Gasteiger partial charge in [0.2, 0.25) is 5.91 Å². The van der Waals surface area contributed by atoms with E-state index in [4.69, 9.17) is 9.15 Å². The number of halogens is 1. The highest BCUT2D eigenvalue weighted by molar-refractivity contribution is 7.99. The molecule has 4 aromatic rings. The normalized spacial score (nSPS) is 10.8. The van der Waals surface area contributed by atoms with E-state index in [2.05, 4.69) is 15.5 Å². The van der Waals surface area contributed by atoms with Gasteiger partial charge in [-0.2, -0.15) is 0 Å². The maximum absolute atomic E-state index is 13.0. The average Bonchev–Trinajstić information content (AvgIpc) is 3.48. The average molecular weight is 453 g/mol. The van der Waals surface area contributed by atoms with Crippen LogP contribution in [0.1, 0.15) is 11.3 Å². The van der Waals surface area contributed by atoms with E-state index < -0.39 is 0 Å². The Morgan fingerprint density at radius 2 is 2.00 bits per heavy atom. The highest BCUT2D eigenvalue weighted by Crippen LogP contribution is 2.27. The van der Waals surface area contributed by atoms with Crippen LogP contribution in [0.5, 0.6) is 5.75 Å². The Labute approximate surface area is 188 Å². The number of rotatable bonds is 9. The lowest BCUT2D eigenvalue weighted by atomic mass is 10.2. The van der Waals surface area contributed by atoms with Gasteiger partial charge in [-0.05, 0) is 42.0 Å². The number of hydrogen-bond acceptors (Lipinski definition) is 6. The minimum Gasteiger partial charge on any atom is -0.497 e. The molecular weight excluding hydrogens is 431 g/mol. The molecule has 4 rings (SSSR count). The first-order chi connectivity index (χ1) is 15.6. The molecule has 7 nitrogen and oxygen atoms in total. The minimum absolute atomic E-state index is 0.158. The maximum Gasteiger partial charge on any atom is 0.230 e. The molecule has 2 heterocycles. The summed E-state index contributed by atoms with van der Waals surface area (Å²) in [7, 11) is 1.61. The van der Waals surface area contributed by atoms with Gasteiger partial charge in [-0.15, -0.1) is 10.2 Å². The van der Waals surface area contributed by atoms with Crippen molar-refractivity contribution < 1.29 is 18.3 Å². The molecule has 0 saturated carbocycles. The molecule has 0 saturated heterocycles. The fraction of sp³-hybridized carbons (Fsp3) is 0.174. The van der Waals surface area contributed by atoms with Gasteiger partial charge in [-0.3, -0.25) is 9.36 Å². The summed E-state index contributed by atoms with van der Waals surface area (Å²) in [6, 6.07) is 17.3. The van der Waals surface area contributed by atoms with Crippen molar-refractivity contribution in [3.8, 4) is 17.1 Å². The van der Waals surface area contributed by atoms with Gasteiger partial charge in [0.1, 0.15) is 17.3 Å². The first-order valence-corrected chi connectivity index (χ1v) is 10.8. The Morgan fingerprint density at radius 1 is 1.16 bits per heavy atom. The molecule has 0 unspecified atom stereocenters. The molecule has 1 amide bonds. The standard InChI is InChI=1S/C23H21FN4O3S/c1-30-19-5-2-4-17(12-19)22-26-27-23(28(22)14-20-6-3-11-31-20)32-15-21(29)25-13-16-7-9-18(24)10-8-16/h2-12H,13-15H2,1H3,(H,25,29). The molecule has 0 atom stereocenters. The number of hydrogen-bond donors (Lipinski definition) is 1. The summed E-state index contributed by atoms with van der Waals surface area (Å²) in [6.45, 7) is 0.750. The van der Waals surface area contributed by atoms with Gasteiger partial charge < -0.3 is 14.5 Å². The molecule has 0 radical (unpaired) electrons. The van der Waals surface area contributed by atoms with Crippen LogP contribution in [-0.2, 0) is 17.9 Å². The highest BCUT2D eigenvalue weighted by atomic mass is 32.2. The number of carbonyl (C=O) groups is 1. The molecule has 0 aliphatic carbocycles. The van der Waals surface area contributed by atoms with E-state index in [1.54, 1.807) is 25.5 Å². The molecule has 32 heavy (non-hydrogen) atoms. The number of amides is 1. The molecule has 1 N–H and O–H groups in total. The zero-order valence-corrected chi connectivity index (χ0v) is 18.1. The van der Waals surface area contributed by atoms with Gasteiger partial charge in [-0.1, -0.05) is 36.0 Å². The van der Waals surface area contributed by atoms with Crippen LogP contribution in [0.3, 0.4) is 0 Å². The lowest BCUT2D eigenvalue weighted by Gasteiger charge is -2.10. The van der Waals surface area contributed by atoms with Crippen molar-refractivity contribution in [2.24, 2.45) is 0 Å². The lowest BCUT2D eigenvalue weighted by Crippen LogP contribution is -2.24. The van der Waals surface area contributed by atoms with Crippen molar-refractivity contribution in [1.82, 2.24) is 20.1 Å². The van der Waals surface area contributed by atoms with E-state index in [1.165, 1.54) is 23.9 Å². The van der Waals surface area contributed by atoms with Crippen LogP contribution in [0.4, 0.5) is 4.39 Å². The summed E-state index contributed by atoms with van der Waals surface area (Å²) >= 11 is 1.28. The second kappa shape index (κ2) is 10.1. The molecular formula is C23H21FN4O3S. The second-order valence-corrected chi connectivity index (χ2v) is 7.84. The number of nitrogens with zero attached hydrogens (tertiary/aromatic N) is 3. The van der Waals surface area contributed by atoms with E-state index in [1.807, 2.05) is 41.0 Å². The third-order valence-corrected chi connectivity index (χ3v) is 5.64. The first kappa shape index (κ1) is 21.6. The van der Waals surface area contributed by atoms with Gasteiger partial charge in [0, 0.05) is 12.1 Å². The van der Waals surface area contributed by atoms with E-state index in [0.29, 0.717) is 29.8 Å². The number of benzene rings is 2. The van der Waals surface area contributed by atoms with E-state index in [-0.39, 0.29) is 17.5 Å². The van der Waals surface area contributed by atoms with E-state index >= 15 is 0 Å². The monoisotopic (exact) mass is 452 g/mol. The fourth-order valence-electron chi connectivity index (χ4n) is 3.06. The van der Waals surface area contributed by atoms with Gasteiger partial charge in [-0.25, -0.2) is 4.39 Å². The SMILES string of the molecule is COc1cccc(-c2nnc(SCC(=O)NCc3ccc(F)cc3)n2Cc2ccco2)c1. The predicted molar refractivity (Wildman–Crippen MR) is 119 cm³/mol. The van der Waals surface area contributed by atoms with Crippen LogP contribution in [0.15, 0.2) is 76.5 Å². The Kier molecular flexibility index (Phi) is 6.86. The zero-order valence-electron chi connectivity index (χ0n) is 17.3. The van der Waals surface area contributed by atoms with Gasteiger partial charge in [0.25, 0.3) is 0 Å². The summed E-state index contributed by atoms with van der Waals surface area (Å²) < 4.78 is 25.7. The fourth-order valence-corrected chi connectivity index (χ4v) is 3.82. The first-order valence-electron chi connectivity index (χ1n) is 9.86. The van der Waals surface area contributed by atoms with Gasteiger partial charge in [0.15, 0.2) is 11.0 Å². The van der Waals surface area contributed by atoms with Crippen LogP contribution in [0, 0.1) is 5.82 Å². The summed E-state index contributed by atoms with van der Waals surface area (Å²) in [5.74, 6) is 1.80. The van der Waals surface area contributed by atoms with Gasteiger partial charge in [0.05, 0.1) is 25.7 Å². The lowest BCUT2D eigenvalue weighted by molar-refractivity contribution is -0.118. The molecule has 9 heteroatoms. The Balaban J connectivity index is 1.48. The van der Waals surface area contributed by atoms with Crippen molar-refractivity contribution in [2.45, 2.75) is 18.2 Å². The van der Waals surface area contributed by atoms with E-state index in [0.717, 1.165) is 16.9 Å². The smallest absolute Gasteiger partial charge is 0.230 e. The minimum atomic E-state index is -0.307. The van der Waals surface area contributed by atoms with Gasteiger partial charge >= 0.3 is 0 Å². The van der Waals surface area contributed by atoms with Crippen molar-refractivity contribution in [1.29, 1.82) is 0 Å². The third-order valence-electron chi connectivity index (χ3n) is 4.67. The molecule has 0 aliphatic rings. The van der Waals surface area contributed by atoms with E-state index in [9.17, 15) is 9.18 Å². The molecule has 0 spiro atoms. The number of aromatic nitrogens is 3. The summed E-state index contributed by atoms with van der Waals surface area (Å²) in [5.41, 5.74) is 1.67. The second-order valence-electron chi connectivity index (χ2n) is 6.90. The number of ether oxygens (including phenoxy) is 1. The highest BCUT2D eigenvalue weighted by Gasteiger charge is 2.17. The number of furan rings is 1. The van der Waals surface area contributed by atoms with Crippen LogP contribution in [-0.4, -0.2) is 33.5 Å². The Hall–Kier alpha value is -3.59. The van der Waals surface area contributed by atoms with Crippen LogP contribution in [0.2, 0.25) is 0 Å². The Morgan fingerprint density at radius 3 is 2.75 bits per heavy atom. The molecule has 0 aliphatic heterocycles. The number of nitrogens with one attached hydrogen (secondary N) is 1. The predicted octanol–water partition coefficient (Wildman–Crippen LogP) is 4.14. The number of carbonyl (C=O) groups excluding carboxylic acids is 1. The number of methoxy groups -OCH3 is 1. The van der Waals surface area contributed by atoms with Crippen LogP contribution >= 0.6 is 11.8 Å². The largest absolute Gasteiger partial charge is 0.497 e. The van der Waals surface area contributed by atoms with Crippen LogP contribution in [0.25, 0.3) is 11.4 Å². The molecule has 0 bridgehead atoms. The van der Waals surface area contributed by atoms with Crippen molar-refractivity contribution in [3.63, 3.8) is 0 Å². The molecule has 164 valence electrons. The van der Waals surface area contributed by atoms with Crippen molar-refractivity contribution >= 4 is 17.7 Å². The molecule has 2 aromatic carbocycles. The maximum atomic E-state index is 13.0. The summed E-state index contributed by atoms with van der Waals surface area (Å²) in [6.07, 6.45) is 1.61. The number of thioether (sulfide) groups is 1. The zero-order chi connectivity index (χ0) is 22.3.